The normalized spacial score (nSPS) is 13.4. The summed E-state index contributed by atoms with van der Waals surface area (Å²) in [4.78, 5) is 7.58. The van der Waals surface area contributed by atoms with Crippen molar-refractivity contribution >= 4 is 122 Å². The molecular weight excluding hydrogens is 928 g/mol. The lowest BCUT2D eigenvalue weighted by Crippen LogP contribution is -2.61. The Labute approximate surface area is 434 Å². The molecule has 0 atom stereocenters. The Morgan fingerprint density at radius 1 is 0.452 bits per heavy atom. The Kier molecular flexibility index (Phi) is 9.65. The molecule has 14 rings (SSSR count). The standard InChI is InChI=1S/C66H53BN2O2S2/c1-38-28-45(56-32-40-16-9-12-21-54(40)70-56)29-39(2)63(38)69-53-37-47(66(6,7)8)36-52-62(53)67(61-49-35-46(65(3,4)5)25-27-55(49)71-64(61)69)50-26-24-44(60-34-43-18-11-14-23-58(43)73-60)31-51(50)68(52)48-20-15-19-41(30-48)59-33-42-17-10-13-22-57(42)72-59/h9-37H,1-8H3. The molecule has 7 heteroatoms. The summed E-state index contributed by atoms with van der Waals surface area (Å²) in [5.41, 5.74) is 19.3. The highest BCUT2D eigenvalue weighted by Gasteiger charge is 2.47. The second-order valence-electron chi connectivity index (χ2n) is 22.3. The topological polar surface area (TPSA) is 32.8 Å². The van der Waals surface area contributed by atoms with Crippen molar-refractivity contribution in [3.05, 3.63) is 198 Å². The van der Waals surface area contributed by atoms with E-state index < -0.39 is 0 Å². The fourth-order valence-corrected chi connectivity index (χ4v) is 13.8. The predicted octanol–water partition coefficient (Wildman–Crippen LogP) is 17.9. The summed E-state index contributed by atoms with van der Waals surface area (Å²) in [6, 6.07) is 65.6. The summed E-state index contributed by atoms with van der Waals surface area (Å²) >= 11 is 3.72. The molecule has 0 fully saturated rings. The predicted molar refractivity (Wildman–Crippen MR) is 314 cm³/mol. The molecule has 0 radical (unpaired) electrons. The van der Waals surface area contributed by atoms with Gasteiger partial charge in [0.1, 0.15) is 16.9 Å². The number of fused-ring (bicyclic) bond motifs is 9. The number of para-hydroxylation sites is 1. The van der Waals surface area contributed by atoms with E-state index in [4.69, 9.17) is 8.83 Å². The van der Waals surface area contributed by atoms with Gasteiger partial charge in [-0.15, -0.1) is 22.7 Å². The molecule has 0 bridgehead atoms. The van der Waals surface area contributed by atoms with E-state index in [2.05, 4.69) is 229 Å². The molecule has 8 aromatic carbocycles. The first kappa shape index (κ1) is 44.2. The van der Waals surface area contributed by atoms with Gasteiger partial charge in [-0.2, -0.15) is 0 Å². The highest BCUT2D eigenvalue weighted by molar-refractivity contribution is 7.22. The van der Waals surface area contributed by atoms with E-state index in [9.17, 15) is 0 Å². The van der Waals surface area contributed by atoms with Crippen LogP contribution in [0.25, 0.3) is 74.3 Å². The van der Waals surface area contributed by atoms with Gasteiger partial charge in [0.2, 0.25) is 5.88 Å². The van der Waals surface area contributed by atoms with E-state index in [0.29, 0.717) is 0 Å². The van der Waals surface area contributed by atoms with Gasteiger partial charge in [-0.1, -0.05) is 126 Å². The van der Waals surface area contributed by atoms with Crippen LogP contribution in [-0.2, 0) is 10.8 Å². The van der Waals surface area contributed by atoms with Crippen LogP contribution in [-0.4, -0.2) is 6.71 Å². The van der Waals surface area contributed by atoms with Crippen LogP contribution in [0.15, 0.2) is 185 Å². The van der Waals surface area contributed by atoms with E-state index in [-0.39, 0.29) is 17.5 Å². The molecule has 4 nitrogen and oxygen atoms in total. The van der Waals surface area contributed by atoms with E-state index in [1.54, 1.807) is 0 Å². The van der Waals surface area contributed by atoms with Gasteiger partial charge >= 0.3 is 0 Å². The Morgan fingerprint density at radius 2 is 1.08 bits per heavy atom. The second kappa shape index (κ2) is 16.0. The summed E-state index contributed by atoms with van der Waals surface area (Å²) in [5.74, 6) is 1.74. The van der Waals surface area contributed by atoms with Gasteiger partial charge in [0, 0.05) is 63.7 Å². The van der Waals surface area contributed by atoms with Gasteiger partial charge in [0.25, 0.3) is 6.71 Å². The monoisotopic (exact) mass is 980 g/mol. The number of hydrogen-bond donors (Lipinski definition) is 0. The molecule has 6 heterocycles. The minimum absolute atomic E-state index is 0.0725. The first-order valence-electron chi connectivity index (χ1n) is 25.4. The van der Waals surface area contributed by atoms with Gasteiger partial charge in [0.05, 0.1) is 5.69 Å². The van der Waals surface area contributed by atoms with Crippen LogP contribution in [0, 0.1) is 13.8 Å². The maximum Gasteiger partial charge on any atom is 0.257 e. The number of nitrogens with zero attached hydrogens (tertiary/aromatic N) is 2. The van der Waals surface area contributed by atoms with Crippen LogP contribution in [0.1, 0.15) is 63.8 Å². The largest absolute Gasteiger partial charge is 0.456 e. The van der Waals surface area contributed by atoms with Crippen LogP contribution in [0.5, 0.6) is 0 Å². The molecular formula is C66H53BN2O2S2. The maximum atomic E-state index is 7.41. The Bertz CT molecular complexity index is 4120. The Hall–Kier alpha value is -7.58. The first-order chi connectivity index (χ1) is 35.2. The zero-order valence-corrected chi connectivity index (χ0v) is 44.0. The lowest BCUT2D eigenvalue weighted by molar-refractivity contribution is 0.588. The number of benzene rings is 8. The van der Waals surface area contributed by atoms with Gasteiger partial charge in [0.15, 0.2) is 0 Å². The molecule has 0 amide bonds. The average Bonchev–Trinajstić information content (AvgIpc) is 4.20. The molecule has 12 aromatic rings. The third kappa shape index (κ3) is 7.00. The molecule has 0 saturated heterocycles. The van der Waals surface area contributed by atoms with Gasteiger partial charge in [-0.3, -0.25) is 4.90 Å². The third-order valence-corrected chi connectivity index (χ3v) is 17.7. The summed E-state index contributed by atoms with van der Waals surface area (Å²) in [6.07, 6.45) is 0. The molecule has 0 spiro atoms. The van der Waals surface area contributed by atoms with E-state index >= 15 is 0 Å². The minimum Gasteiger partial charge on any atom is -0.456 e. The van der Waals surface area contributed by atoms with Gasteiger partial charge in [-0.05, 0) is 171 Å². The minimum atomic E-state index is -0.193. The quantitative estimate of drug-likeness (QED) is 0.161. The Morgan fingerprint density at radius 3 is 1.74 bits per heavy atom. The van der Waals surface area contributed by atoms with Crippen molar-refractivity contribution in [2.45, 2.75) is 66.2 Å². The van der Waals surface area contributed by atoms with Crippen molar-refractivity contribution < 1.29 is 8.83 Å². The zero-order chi connectivity index (χ0) is 49.7. The Balaban J connectivity index is 1.07. The van der Waals surface area contributed by atoms with Gasteiger partial charge in [-0.25, -0.2) is 0 Å². The van der Waals surface area contributed by atoms with Crippen LogP contribution in [0.3, 0.4) is 0 Å². The summed E-state index contributed by atoms with van der Waals surface area (Å²) in [7, 11) is 0. The number of hydrogen-bond acceptors (Lipinski definition) is 6. The number of aryl methyl sites for hydroxylation is 2. The van der Waals surface area contributed by atoms with E-state index in [0.717, 1.165) is 67.3 Å². The van der Waals surface area contributed by atoms with Crippen LogP contribution in [0.2, 0.25) is 0 Å². The second-order valence-corrected chi connectivity index (χ2v) is 24.5. The fourth-order valence-electron chi connectivity index (χ4n) is 11.7. The lowest BCUT2D eigenvalue weighted by Gasteiger charge is -2.44. The van der Waals surface area contributed by atoms with Crippen LogP contribution < -0.4 is 26.2 Å². The lowest BCUT2D eigenvalue weighted by atomic mass is 9.33. The molecule has 0 unspecified atom stereocenters. The van der Waals surface area contributed by atoms with E-state index in [1.165, 1.54) is 79.9 Å². The molecule has 73 heavy (non-hydrogen) atoms. The number of anilines is 6. The summed E-state index contributed by atoms with van der Waals surface area (Å²) in [5, 5.41) is 4.79. The summed E-state index contributed by atoms with van der Waals surface area (Å²) < 4.78 is 16.5. The fraction of sp³-hybridized carbons (Fsp3) is 0.152. The molecule has 2 aliphatic rings. The maximum absolute atomic E-state index is 7.41. The van der Waals surface area contributed by atoms with E-state index in [1.807, 2.05) is 34.8 Å². The van der Waals surface area contributed by atoms with Crippen molar-refractivity contribution in [3.63, 3.8) is 0 Å². The smallest absolute Gasteiger partial charge is 0.257 e. The molecule has 4 aromatic heterocycles. The molecule has 0 aliphatic carbocycles. The number of thiophene rings is 2. The van der Waals surface area contributed by atoms with Crippen molar-refractivity contribution in [2.24, 2.45) is 0 Å². The van der Waals surface area contributed by atoms with Crippen molar-refractivity contribution in [1.82, 2.24) is 0 Å². The first-order valence-corrected chi connectivity index (χ1v) is 27.0. The average molecular weight is 981 g/mol. The van der Waals surface area contributed by atoms with Crippen LogP contribution >= 0.6 is 22.7 Å². The van der Waals surface area contributed by atoms with Crippen molar-refractivity contribution in [1.29, 1.82) is 0 Å². The van der Waals surface area contributed by atoms with Crippen molar-refractivity contribution in [2.75, 3.05) is 9.80 Å². The molecule has 2 aliphatic heterocycles. The molecule has 354 valence electrons. The molecule has 0 N–H and O–H groups in total. The summed E-state index contributed by atoms with van der Waals surface area (Å²) in [6.45, 7) is 18.3. The van der Waals surface area contributed by atoms with Gasteiger partial charge < -0.3 is 13.7 Å². The highest BCUT2D eigenvalue weighted by Crippen LogP contribution is 2.51. The number of rotatable bonds is 5. The van der Waals surface area contributed by atoms with Crippen LogP contribution in [0.4, 0.5) is 34.3 Å². The highest BCUT2D eigenvalue weighted by atomic mass is 32.1. The number of furan rings is 2. The SMILES string of the molecule is Cc1cc(-c2cc3ccccc3o2)cc(C)c1N1c2cc(C(C)(C)C)cc3c2B(c2ccc(-c4cc5ccccc5s4)cc2N3c2cccc(-c3cc4ccccc4s3)c2)c2c1oc1ccc(C(C)(C)C)cc21. The van der Waals surface area contributed by atoms with Crippen molar-refractivity contribution in [3.8, 4) is 32.2 Å². The third-order valence-electron chi connectivity index (χ3n) is 15.4. The molecule has 0 saturated carbocycles. The zero-order valence-electron chi connectivity index (χ0n) is 42.3.